The molecule has 1 aromatic heterocycles. The van der Waals surface area contributed by atoms with E-state index < -0.39 is 5.97 Å². The van der Waals surface area contributed by atoms with Crippen LogP contribution in [0.3, 0.4) is 0 Å². The van der Waals surface area contributed by atoms with Crippen molar-refractivity contribution in [3.05, 3.63) is 59.4 Å². The maximum absolute atomic E-state index is 10.8. The molecule has 1 unspecified atom stereocenters. The zero-order valence-corrected chi connectivity index (χ0v) is 15.9. The molecule has 0 aliphatic heterocycles. The second-order valence-electron chi connectivity index (χ2n) is 6.94. The van der Waals surface area contributed by atoms with E-state index in [1.54, 1.807) is 0 Å². The molecule has 0 bridgehead atoms. The summed E-state index contributed by atoms with van der Waals surface area (Å²) in [5, 5.41) is 18.0. The van der Waals surface area contributed by atoms with Gasteiger partial charge in [-0.05, 0) is 54.2 Å². The molecule has 5 nitrogen and oxygen atoms in total. The molecule has 5 heteroatoms. The summed E-state index contributed by atoms with van der Waals surface area (Å²) in [7, 11) is 0. The Kier molecular flexibility index (Phi) is 5.91. The van der Waals surface area contributed by atoms with Crippen molar-refractivity contribution in [2.45, 2.75) is 45.4 Å². The predicted molar refractivity (Wildman–Crippen MR) is 107 cm³/mol. The van der Waals surface area contributed by atoms with Gasteiger partial charge in [0.25, 0.3) is 0 Å². The van der Waals surface area contributed by atoms with Crippen LogP contribution in [0.5, 0.6) is 0 Å². The van der Waals surface area contributed by atoms with Gasteiger partial charge in [-0.1, -0.05) is 32.0 Å². The average molecular weight is 366 g/mol. The van der Waals surface area contributed by atoms with Crippen LogP contribution in [0.25, 0.3) is 16.7 Å². The Hall–Kier alpha value is -2.66. The fourth-order valence-corrected chi connectivity index (χ4v) is 3.43. The number of carbonyl (C=O) groups is 1. The van der Waals surface area contributed by atoms with Crippen LogP contribution in [0.2, 0.25) is 0 Å². The fraction of sp³-hybridized carbons (Fsp3) is 0.364. The van der Waals surface area contributed by atoms with Gasteiger partial charge in [-0.15, -0.1) is 0 Å². The largest absolute Gasteiger partial charge is 0.481 e. The van der Waals surface area contributed by atoms with Gasteiger partial charge in [0.05, 0.1) is 11.0 Å². The van der Waals surface area contributed by atoms with Crippen molar-refractivity contribution in [3.63, 3.8) is 0 Å². The van der Waals surface area contributed by atoms with Crippen LogP contribution in [0.1, 0.15) is 49.6 Å². The van der Waals surface area contributed by atoms with Gasteiger partial charge >= 0.3 is 5.97 Å². The number of aliphatic hydroxyl groups is 1. The molecule has 0 saturated carbocycles. The van der Waals surface area contributed by atoms with Crippen molar-refractivity contribution in [2.75, 3.05) is 6.61 Å². The summed E-state index contributed by atoms with van der Waals surface area (Å²) in [6.45, 7) is 4.30. The number of carboxylic acids is 1. The van der Waals surface area contributed by atoms with E-state index in [1.165, 1.54) is 0 Å². The lowest BCUT2D eigenvalue weighted by Gasteiger charge is -2.12. The van der Waals surface area contributed by atoms with Gasteiger partial charge in [-0.3, -0.25) is 9.36 Å². The third-order valence-corrected chi connectivity index (χ3v) is 5.02. The third kappa shape index (κ3) is 4.19. The second kappa shape index (κ2) is 8.35. The Bertz CT molecular complexity index is 929. The first-order chi connectivity index (χ1) is 13.0. The van der Waals surface area contributed by atoms with Gasteiger partial charge in [-0.2, -0.15) is 0 Å². The van der Waals surface area contributed by atoms with Crippen molar-refractivity contribution >= 4 is 17.0 Å². The summed E-state index contributed by atoms with van der Waals surface area (Å²) in [4.78, 5) is 15.6. The Labute approximate surface area is 159 Å². The lowest BCUT2D eigenvalue weighted by molar-refractivity contribution is -0.137. The standard InChI is InChI=1S/C22H26N2O3/c1-3-21-23-19-14-17(15(2)4-11-22(26)27)7-10-20(19)24(21)18-8-5-16(6-9-18)12-13-25/h5-10,14-15,25H,3-4,11-13H2,1-2H3,(H,26,27). The van der Waals surface area contributed by atoms with E-state index in [9.17, 15) is 4.79 Å². The highest BCUT2D eigenvalue weighted by molar-refractivity contribution is 5.79. The molecular weight excluding hydrogens is 340 g/mol. The number of aliphatic carboxylic acids is 1. The molecule has 27 heavy (non-hydrogen) atoms. The fourth-order valence-electron chi connectivity index (χ4n) is 3.43. The Balaban J connectivity index is 1.97. The summed E-state index contributed by atoms with van der Waals surface area (Å²) in [6.07, 6.45) is 2.27. The second-order valence-corrected chi connectivity index (χ2v) is 6.94. The first kappa shape index (κ1) is 19.1. The molecule has 2 aromatic carbocycles. The number of fused-ring (bicyclic) bond motifs is 1. The minimum Gasteiger partial charge on any atom is -0.481 e. The Morgan fingerprint density at radius 1 is 1.19 bits per heavy atom. The topological polar surface area (TPSA) is 75.3 Å². The molecular formula is C22H26N2O3. The zero-order valence-electron chi connectivity index (χ0n) is 15.9. The smallest absolute Gasteiger partial charge is 0.303 e. The highest BCUT2D eigenvalue weighted by atomic mass is 16.4. The maximum Gasteiger partial charge on any atom is 0.303 e. The molecule has 0 amide bonds. The van der Waals surface area contributed by atoms with Gasteiger partial charge in [0.2, 0.25) is 0 Å². The van der Waals surface area contributed by atoms with Crippen LogP contribution in [-0.2, 0) is 17.6 Å². The minimum atomic E-state index is -0.759. The summed E-state index contributed by atoms with van der Waals surface area (Å²) in [5.74, 6) is 0.416. The van der Waals surface area contributed by atoms with E-state index in [0.29, 0.717) is 12.8 Å². The number of aliphatic hydroxyl groups excluding tert-OH is 1. The van der Waals surface area contributed by atoms with Crippen molar-refractivity contribution in [1.29, 1.82) is 0 Å². The number of aromatic nitrogens is 2. The SMILES string of the molecule is CCc1nc2cc(C(C)CCC(=O)O)ccc2n1-c1ccc(CCO)cc1. The summed E-state index contributed by atoms with van der Waals surface area (Å²) in [6, 6.07) is 14.4. The molecule has 0 saturated heterocycles. The number of benzene rings is 2. The number of hydrogen-bond donors (Lipinski definition) is 2. The zero-order chi connectivity index (χ0) is 19.4. The molecule has 2 N–H and O–H groups in total. The highest BCUT2D eigenvalue weighted by Crippen LogP contribution is 2.28. The molecule has 1 heterocycles. The third-order valence-electron chi connectivity index (χ3n) is 5.02. The molecule has 0 fully saturated rings. The molecule has 3 aromatic rings. The average Bonchev–Trinajstić information content (AvgIpc) is 3.04. The number of rotatable bonds is 8. The van der Waals surface area contributed by atoms with Gasteiger partial charge < -0.3 is 10.2 Å². The van der Waals surface area contributed by atoms with E-state index in [-0.39, 0.29) is 18.9 Å². The van der Waals surface area contributed by atoms with Gasteiger partial charge in [-0.25, -0.2) is 4.98 Å². The van der Waals surface area contributed by atoms with Crippen LogP contribution in [0, 0.1) is 0 Å². The van der Waals surface area contributed by atoms with Crippen LogP contribution in [0.4, 0.5) is 0 Å². The van der Waals surface area contributed by atoms with Gasteiger partial charge in [0.1, 0.15) is 5.82 Å². The quantitative estimate of drug-likeness (QED) is 0.630. The Morgan fingerprint density at radius 2 is 1.93 bits per heavy atom. The van der Waals surface area contributed by atoms with Crippen molar-refractivity contribution in [3.8, 4) is 5.69 Å². The maximum atomic E-state index is 10.8. The van der Waals surface area contributed by atoms with Crippen molar-refractivity contribution < 1.29 is 15.0 Å². The van der Waals surface area contributed by atoms with Gasteiger partial charge in [0, 0.05) is 25.1 Å². The summed E-state index contributed by atoms with van der Waals surface area (Å²) in [5.41, 5.74) is 5.28. The molecule has 3 rings (SSSR count). The van der Waals surface area contributed by atoms with E-state index in [1.807, 2.05) is 12.1 Å². The molecule has 0 aliphatic carbocycles. The van der Waals surface area contributed by atoms with Crippen LogP contribution >= 0.6 is 0 Å². The molecule has 1 atom stereocenters. The monoisotopic (exact) mass is 366 g/mol. The molecule has 0 aliphatic rings. The number of hydrogen-bond acceptors (Lipinski definition) is 3. The van der Waals surface area contributed by atoms with E-state index in [0.717, 1.165) is 40.1 Å². The van der Waals surface area contributed by atoms with Crippen LogP contribution < -0.4 is 0 Å². The number of carboxylic acid groups (broad SMARTS) is 1. The van der Waals surface area contributed by atoms with Crippen LogP contribution in [-0.4, -0.2) is 32.3 Å². The van der Waals surface area contributed by atoms with E-state index >= 15 is 0 Å². The van der Waals surface area contributed by atoms with E-state index in [2.05, 4.69) is 48.7 Å². The number of aryl methyl sites for hydroxylation is 1. The lowest BCUT2D eigenvalue weighted by atomic mass is 9.96. The number of imidazole rings is 1. The predicted octanol–water partition coefficient (Wildman–Crippen LogP) is 4.09. The number of nitrogens with zero attached hydrogens (tertiary/aromatic N) is 2. The molecule has 0 radical (unpaired) electrons. The molecule has 0 spiro atoms. The summed E-state index contributed by atoms with van der Waals surface area (Å²) < 4.78 is 2.17. The minimum absolute atomic E-state index is 0.149. The first-order valence-electron chi connectivity index (χ1n) is 9.46. The molecule has 142 valence electrons. The lowest BCUT2D eigenvalue weighted by Crippen LogP contribution is -2.01. The highest BCUT2D eigenvalue weighted by Gasteiger charge is 2.14. The van der Waals surface area contributed by atoms with E-state index in [4.69, 9.17) is 15.2 Å². The van der Waals surface area contributed by atoms with Gasteiger partial charge in [0.15, 0.2) is 0 Å². The normalized spacial score (nSPS) is 12.4. The first-order valence-corrected chi connectivity index (χ1v) is 9.46. The Morgan fingerprint density at radius 3 is 2.56 bits per heavy atom. The van der Waals surface area contributed by atoms with Crippen molar-refractivity contribution in [2.24, 2.45) is 0 Å². The summed E-state index contributed by atoms with van der Waals surface area (Å²) >= 11 is 0. The van der Waals surface area contributed by atoms with Crippen LogP contribution in [0.15, 0.2) is 42.5 Å². The van der Waals surface area contributed by atoms with Crippen molar-refractivity contribution in [1.82, 2.24) is 9.55 Å².